The SMILES string of the molecule is OCc1cc(Cl)c(O)c(C(F)F)n1. The van der Waals surface area contributed by atoms with Gasteiger partial charge in [0.25, 0.3) is 6.43 Å². The van der Waals surface area contributed by atoms with E-state index >= 15 is 0 Å². The maximum Gasteiger partial charge on any atom is 0.284 e. The van der Waals surface area contributed by atoms with Crippen molar-refractivity contribution >= 4 is 11.6 Å². The molecule has 0 radical (unpaired) electrons. The summed E-state index contributed by atoms with van der Waals surface area (Å²) in [4.78, 5) is 3.32. The first-order chi connectivity index (χ1) is 6.06. The Bertz CT molecular complexity index is 320. The van der Waals surface area contributed by atoms with Gasteiger partial charge in [0.2, 0.25) is 0 Å². The predicted molar refractivity (Wildman–Crippen MR) is 41.8 cm³/mol. The number of alkyl halides is 2. The van der Waals surface area contributed by atoms with Crippen molar-refractivity contribution in [3.05, 3.63) is 22.5 Å². The van der Waals surface area contributed by atoms with E-state index in [1.165, 1.54) is 0 Å². The number of pyridine rings is 1. The standard InChI is InChI=1S/C7H6ClF2NO2/c8-4-1-3(2-12)11-5(6(4)13)7(9)10/h1,7,12-13H,2H2. The fourth-order valence-corrected chi connectivity index (χ4v) is 1.03. The van der Waals surface area contributed by atoms with Gasteiger partial charge in [-0.2, -0.15) is 0 Å². The first kappa shape index (κ1) is 10.1. The second-order valence-electron chi connectivity index (χ2n) is 2.29. The van der Waals surface area contributed by atoms with E-state index < -0.39 is 24.5 Å². The Morgan fingerprint density at radius 3 is 2.62 bits per heavy atom. The van der Waals surface area contributed by atoms with Gasteiger partial charge < -0.3 is 10.2 Å². The Hall–Kier alpha value is -0.940. The second-order valence-corrected chi connectivity index (χ2v) is 2.70. The molecule has 0 saturated carbocycles. The molecule has 3 nitrogen and oxygen atoms in total. The summed E-state index contributed by atoms with van der Waals surface area (Å²) in [5, 5.41) is 17.4. The summed E-state index contributed by atoms with van der Waals surface area (Å²) in [6.45, 7) is -0.500. The topological polar surface area (TPSA) is 53.4 Å². The van der Waals surface area contributed by atoms with E-state index in [0.29, 0.717) is 0 Å². The van der Waals surface area contributed by atoms with Crippen LogP contribution in [0.4, 0.5) is 8.78 Å². The first-order valence-corrected chi connectivity index (χ1v) is 3.71. The normalized spacial score (nSPS) is 10.8. The lowest BCUT2D eigenvalue weighted by molar-refractivity contribution is 0.141. The molecule has 0 spiro atoms. The lowest BCUT2D eigenvalue weighted by Crippen LogP contribution is -1.97. The monoisotopic (exact) mass is 209 g/mol. The molecular weight excluding hydrogens is 204 g/mol. The molecule has 72 valence electrons. The zero-order chi connectivity index (χ0) is 10.0. The summed E-state index contributed by atoms with van der Waals surface area (Å²) in [5.41, 5.74) is -0.811. The van der Waals surface area contributed by atoms with Crippen molar-refractivity contribution < 1.29 is 19.0 Å². The molecule has 2 N–H and O–H groups in total. The van der Waals surface area contributed by atoms with E-state index in [-0.39, 0.29) is 10.7 Å². The summed E-state index contributed by atoms with van der Waals surface area (Å²) in [7, 11) is 0. The van der Waals surface area contributed by atoms with Gasteiger partial charge in [-0.05, 0) is 6.07 Å². The van der Waals surface area contributed by atoms with Crippen LogP contribution in [0.3, 0.4) is 0 Å². The van der Waals surface area contributed by atoms with E-state index in [2.05, 4.69) is 4.98 Å². The van der Waals surface area contributed by atoms with Gasteiger partial charge >= 0.3 is 0 Å². The lowest BCUT2D eigenvalue weighted by atomic mass is 10.3. The van der Waals surface area contributed by atoms with Gasteiger partial charge in [-0.3, -0.25) is 0 Å². The Labute approximate surface area is 77.6 Å². The van der Waals surface area contributed by atoms with E-state index in [9.17, 15) is 8.78 Å². The van der Waals surface area contributed by atoms with Gasteiger partial charge in [-0.25, -0.2) is 13.8 Å². The minimum Gasteiger partial charge on any atom is -0.504 e. The number of nitrogens with zero attached hydrogens (tertiary/aromatic N) is 1. The van der Waals surface area contributed by atoms with Crippen LogP contribution in [0.2, 0.25) is 5.02 Å². The van der Waals surface area contributed by atoms with Crippen LogP contribution in [0.15, 0.2) is 6.07 Å². The molecule has 1 aromatic rings. The fraction of sp³-hybridized carbons (Fsp3) is 0.286. The average molecular weight is 210 g/mol. The first-order valence-electron chi connectivity index (χ1n) is 3.33. The largest absolute Gasteiger partial charge is 0.504 e. The minimum atomic E-state index is -2.91. The highest BCUT2D eigenvalue weighted by Gasteiger charge is 2.18. The number of hydrogen-bond acceptors (Lipinski definition) is 3. The molecule has 0 aliphatic heterocycles. The van der Waals surface area contributed by atoms with Crippen LogP contribution in [-0.2, 0) is 6.61 Å². The van der Waals surface area contributed by atoms with Gasteiger partial charge in [-0.15, -0.1) is 0 Å². The molecule has 0 unspecified atom stereocenters. The number of aromatic nitrogens is 1. The highest BCUT2D eigenvalue weighted by molar-refractivity contribution is 6.32. The minimum absolute atomic E-state index is 0.00176. The summed E-state index contributed by atoms with van der Waals surface area (Å²) in [6.07, 6.45) is -2.91. The van der Waals surface area contributed by atoms with Crippen molar-refractivity contribution in [2.24, 2.45) is 0 Å². The van der Waals surface area contributed by atoms with Crippen LogP contribution in [0, 0.1) is 0 Å². The third kappa shape index (κ3) is 2.05. The fourth-order valence-electron chi connectivity index (χ4n) is 0.810. The van der Waals surface area contributed by atoms with Gasteiger partial charge in [0.1, 0.15) is 5.69 Å². The molecule has 0 atom stereocenters. The quantitative estimate of drug-likeness (QED) is 0.782. The smallest absolute Gasteiger partial charge is 0.284 e. The van der Waals surface area contributed by atoms with Crippen molar-refractivity contribution in [1.29, 1.82) is 0 Å². The van der Waals surface area contributed by atoms with Crippen LogP contribution in [0.5, 0.6) is 5.75 Å². The van der Waals surface area contributed by atoms with Gasteiger partial charge in [0.15, 0.2) is 5.75 Å². The van der Waals surface area contributed by atoms with Crippen molar-refractivity contribution in [2.75, 3.05) is 0 Å². The number of aromatic hydroxyl groups is 1. The summed E-state index contributed by atoms with van der Waals surface area (Å²) < 4.78 is 24.3. The molecule has 0 fully saturated rings. The highest BCUT2D eigenvalue weighted by Crippen LogP contribution is 2.32. The van der Waals surface area contributed by atoms with Gasteiger partial charge in [0.05, 0.1) is 17.3 Å². The molecule has 0 aliphatic rings. The molecule has 0 bridgehead atoms. The van der Waals surface area contributed by atoms with Crippen molar-refractivity contribution in [1.82, 2.24) is 4.98 Å². The van der Waals surface area contributed by atoms with E-state index in [4.69, 9.17) is 21.8 Å². The van der Waals surface area contributed by atoms with Gasteiger partial charge in [0, 0.05) is 0 Å². The Kier molecular flexibility index (Phi) is 3.00. The molecule has 1 rings (SSSR count). The molecule has 0 amide bonds. The molecule has 6 heteroatoms. The molecular formula is C7H6ClF2NO2. The van der Waals surface area contributed by atoms with Gasteiger partial charge in [-0.1, -0.05) is 11.6 Å². The number of aliphatic hydroxyl groups is 1. The van der Waals surface area contributed by atoms with E-state index in [1.54, 1.807) is 0 Å². The summed E-state index contributed by atoms with van der Waals surface area (Å²) >= 11 is 5.41. The van der Waals surface area contributed by atoms with E-state index in [1.807, 2.05) is 0 Å². The van der Waals surface area contributed by atoms with Crippen LogP contribution < -0.4 is 0 Å². The van der Waals surface area contributed by atoms with Crippen LogP contribution in [0.1, 0.15) is 17.8 Å². The number of halogens is 3. The molecule has 13 heavy (non-hydrogen) atoms. The molecule has 0 aromatic carbocycles. The number of rotatable bonds is 2. The maximum absolute atomic E-state index is 12.2. The Morgan fingerprint density at radius 1 is 1.54 bits per heavy atom. The average Bonchev–Trinajstić information content (AvgIpc) is 2.09. The highest BCUT2D eigenvalue weighted by atomic mass is 35.5. The Balaban J connectivity index is 3.25. The molecule has 0 saturated heterocycles. The van der Waals surface area contributed by atoms with Crippen LogP contribution in [0.25, 0.3) is 0 Å². The lowest BCUT2D eigenvalue weighted by Gasteiger charge is -2.05. The maximum atomic E-state index is 12.2. The number of hydrogen-bond donors (Lipinski definition) is 2. The molecule has 1 aromatic heterocycles. The zero-order valence-electron chi connectivity index (χ0n) is 6.34. The van der Waals surface area contributed by atoms with Crippen molar-refractivity contribution in [3.63, 3.8) is 0 Å². The number of aliphatic hydroxyl groups excluding tert-OH is 1. The molecule has 1 heterocycles. The van der Waals surface area contributed by atoms with Crippen molar-refractivity contribution in [3.8, 4) is 5.75 Å². The van der Waals surface area contributed by atoms with E-state index in [0.717, 1.165) is 6.07 Å². The predicted octanol–water partition coefficient (Wildman–Crippen LogP) is 1.87. The van der Waals surface area contributed by atoms with Crippen LogP contribution >= 0.6 is 11.6 Å². The third-order valence-electron chi connectivity index (χ3n) is 1.39. The van der Waals surface area contributed by atoms with Crippen molar-refractivity contribution in [2.45, 2.75) is 13.0 Å². The second kappa shape index (κ2) is 3.85. The summed E-state index contributed by atoms with van der Waals surface area (Å²) in [6, 6.07) is 1.13. The Morgan fingerprint density at radius 2 is 2.15 bits per heavy atom. The van der Waals surface area contributed by atoms with Crippen LogP contribution in [-0.4, -0.2) is 15.2 Å². The molecule has 0 aliphatic carbocycles. The third-order valence-corrected chi connectivity index (χ3v) is 1.68. The zero-order valence-corrected chi connectivity index (χ0v) is 7.09. The summed E-state index contributed by atoms with van der Waals surface area (Å²) in [5.74, 6) is -0.742.